The summed E-state index contributed by atoms with van der Waals surface area (Å²) in [5, 5.41) is 2.59. The van der Waals surface area contributed by atoms with Gasteiger partial charge in [-0.1, -0.05) is 19.2 Å². The van der Waals surface area contributed by atoms with Crippen molar-refractivity contribution in [3.63, 3.8) is 0 Å². The average molecular weight is 125 g/mol. The molecule has 0 bridgehead atoms. The zero-order valence-electron chi connectivity index (χ0n) is 5.61. The topological polar surface area (TPSA) is 29.1 Å². The summed E-state index contributed by atoms with van der Waals surface area (Å²) in [6, 6.07) is 0. The van der Waals surface area contributed by atoms with Gasteiger partial charge in [0.05, 0.1) is 0 Å². The molecule has 0 aliphatic carbocycles. The SMILES string of the molecule is C=CC(=C)C(=O)NCC. The Morgan fingerprint density at radius 3 is 2.67 bits per heavy atom. The van der Waals surface area contributed by atoms with Crippen molar-refractivity contribution in [3.05, 3.63) is 24.8 Å². The molecule has 1 N–H and O–H groups in total. The fourth-order valence-electron chi connectivity index (χ4n) is 0.367. The first-order valence-electron chi connectivity index (χ1n) is 2.82. The lowest BCUT2D eigenvalue weighted by atomic mass is 10.3. The zero-order valence-corrected chi connectivity index (χ0v) is 5.61. The maximum Gasteiger partial charge on any atom is 0.250 e. The van der Waals surface area contributed by atoms with Gasteiger partial charge >= 0.3 is 0 Å². The molecule has 0 aliphatic rings. The van der Waals surface area contributed by atoms with Crippen molar-refractivity contribution in [2.45, 2.75) is 6.92 Å². The Hall–Kier alpha value is -1.05. The number of amides is 1. The molecule has 0 spiro atoms. The summed E-state index contributed by atoms with van der Waals surface area (Å²) in [6.07, 6.45) is 1.44. The van der Waals surface area contributed by atoms with Gasteiger partial charge in [-0.3, -0.25) is 4.79 Å². The van der Waals surface area contributed by atoms with E-state index < -0.39 is 0 Å². The van der Waals surface area contributed by atoms with E-state index in [1.165, 1.54) is 6.08 Å². The van der Waals surface area contributed by atoms with Gasteiger partial charge in [0.1, 0.15) is 0 Å². The quantitative estimate of drug-likeness (QED) is 0.440. The van der Waals surface area contributed by atoms with Crippen LogP contribution < -0.4 is 5.32 Å². The molecule has 0 atom stereocenters. The summed E-state index contributed by atoms with van der Waals surface area (Å²) in [5.41, 5.74) is 0.414. The van der Waals surface area contributed by atoms with E-state index in [0.29, 0.717) is 12.1 Å². The van der Waals surface area contributed by atoms with Crippen LogP contribution in [0.5, 0.6) is 0 Å². The van der Waals surface area contributed by atoms with Gasteiger partial charge in [0.25, 0.3) is 5.91 Å². The highest BCUT2D eigenvalue weighted by Crippen LogP contribution is 1.88. The molecule has 0 saturated carbocycles. The molecule has 0 aromatic rings. The Morgan fingerprint density at radius 2 is 2.33 bits per heavy atom. The molecule has 0 radical (unpaired) electrons. The molecule has 0 fully saturated rings. The van der Waals surface area contributed by atoms with Gasteiger partial charge in [-0.2, -0.15) is 0 Å². The fourth-order valence-corrected chi connectivity index (χ4v) is 0.367. The summed E-state index contributed by atoms with van der Waals surface area (Å²) in [5.74, 6) is -0.146. The van der Waals surface area contributed by atoms with Crippen LogP contribution in [-0.2, 0) is 4.79 Å². The van der Waals surface area contributed by atoms with E-state index in [4.69, 9.17) is 0 Å². The standard InChI is InChI=1S/C7H11NO/c1-4-6(3)7(9)8-5-2/h4H,1,3,5H2,2H3,(H,8,9). The van der Waals surface area contributed by atoms with Crippen molar-refractivity contribution in [3.8, 4) is 0 Å². The largest absolute Gasteiger partial charge is 0.352 e. The zero-order chi connectivity index (χ0) is 7.28. The van der Waals surface area contributed by atoms with Crippen molar-refractivity contribution in [2.24, 2.45) is 0 Å². The van der Waals surface area contributed by atoms with Crippen molar-refractivity contribution in [2.75, 3.05) is 6.54 Å². The van der Waals surface area contributed by atoms with Crippen molar-refractivity contribution in [1.82, 2.24) is 5.32 Å². The summed E-state index contributed by atoms with van der Waals surface area (Å²) in [4.78, 5) is 10.7. The van der Waals surface area contributed by atoms with E-state index >= 15 is 0 Å². The van der Waals surface area contributed by atoms with Crippen LogP contribution in [0, 0.1) is 0 Å². The number of likely N-dealkylation sites (N-methyl/N-ethyl adjacent to an activating group) is 1. The van der Waals surface area contributed by atoms with E-state index in [-0.39, 0.29) is 5.91 Å². The van der Waals surface area contributed by atoms with Crippen LogP contribution in [0.3, 0.4) is 0 Å². The second-order valence-electron chi connectivity index (χ2n) is 1.59. The van der Waals surface area contributed by atoms with Gasteiger partial charge in [-0.05, 0) is 6.92 Å². The molecule has 9 heavy (non-hydrogen) atoms. The molecule has 1 amide bonds. The number of rotatable bonds is 3. The number of nitrogens with one attached hydrogen (secondary N) is 1. The van der Waals surface area contributed by atoms with E-state index in [2.05, 4.69) is 18.5 Å². The van der Waals surface area contributed by atoms with Crippen LogP contribution in [0.1, 0.15) is 6.92 Å². The van der Waals surface area contributed by atoms with Gasteiger partial charge in [0.2, 0.25) is 0 Å². The Morgan fingerprint density at radius 1 is 1.78 bits per heavy atom. The van der Waals surface area contributed by atoms with Crippen LogP contribution in [0.2, 0.25) is 0 Å². The highest BCUT2D eigenvalue weighted by atomic mass is 16.1. The second-order valence-corrected chi connectivity index (χ2v) is 1.59. The fraction of sp³-hybridized carbons (Fsp3) is 0.286. The molecular formula is C7H11NO. The molecule has 0 aromatic heterocycles. The lowest BCUT2D eigenvalue weighted by Gasteiger charge is -1.98. The van der Waals surface area contributed by atoms with Crippen LogP contribution in [0.4, 0.5) is 0 Å². The molecule has 0 aliphatic heterocycles. The number of carbonyl (C=O) groups excluding carboxylic acids is 1. The van der Waals surface area contributed by atoms with Crippen molar-refractivity contribution in [1.29, 1.82) is 0 Å². The lowest BCUT2D eigenvalue weighted by Crippen LogP contribution is -2.22. The van der Waals surface area contributed by atoms with Gasteiger partial charge < -0.3 is 5.32 Å². The predicted octanol–water partition coefficient (Wildman–Crippen LogP) is 0.865. The lowest BCUT2D eigenvalue weighted by molar-refractivity contribution is -0.117. The molecule has 2 heteroatoms. The summed E-state index contributed by atoms with van der Waals surface area (Å²) < 4.78 is 0. The van der Waals surface area contributed by atoms with Gasteiger partial charge in [-0.25, -0.2) is 0 Å². The first kappa shape index (κ1) is 7.95. The van der Waals surface area contributed by atoms with Crippen LogP contribution >= 0.6 is 0 Å². The highest BCUT2D eigenvalue weighted by Gasteiger charge is 1.97. The third-order valence-corrected chi connectivity index (χ3v) is 0.875. The molecule has 0 heterocycles. The van der Waals surface area contributed by atoms with Crippen molar-refractivity contribution >= 4 is 5.91 Å². The number of carbonyl (C=O) groups is 1. The third-order valence-electron chi connectivity index (χ3n) is 0.875. The maximum absolute atomic E-state index is 10.7. The van der Waals surface area contributed by atoms with E-state index in [1.54, 1.807) is 0 Å². The molecule has 50 valence electrons. The van der Waals surface area contributed by atoms with Crippen LogP contribution in [-0.4, -0.2) is 12.5 Å². The predicted molar refractivity (Wildman–Crippen MR) is 38.0 cm³/mol. The Kier molecular flexibility index (Phi) is 3.44. The summed E-state index contributed by atoms with van der Waals surface area (Å²) >= 11 is 0. The van der Waals surface area contributed by atoms with Gasteiger partial charge in [0, 0.05) is 12.1 Å². The summed E-state index contributed by atoms with van der Waals surface area (Å²) in [7, 11) is 0. The Bertz CT molecular complexity index is 138. The van der Waals surface area contributed by atoms with E-state index in [0.717, 1.165) is 0 Å². The normalized spacial score (nSPS) is 8.11. The third kappa shape index (κ3) is 2.69. The minimum absolute atomic E-state index is 0.146. The minimum Gasteiger partial charge on any atom is -0.352 e. The van der Waals surface area contributed by atoms with E-state index in [1.807, 2.05) is 6.92 Å². The minimum atomic E-state index is -0.146. The van der Waals surface area contributed by atoms with Crippen LogP contribution in [0.25, 0.3) is 0 Å². The first-order chi connectivity index (χ1) is 4.22. The molecule has 0 rings (SSSR count). The highest BCUT2D eigenvalue weighted by molar-refractivity contribution is 5.95. The maximum atomic E-state index is 10.7. The number of hydrogen-bond donors (Lipinski definition) is 1. The monoisotopic (exact) mass is 125 g/mol. The van der Waals surface area contributed by atoms with Gasteiger partial charge in [0.15, 0.2) is 0 Å². The Labute approximate surface area is 55.3 Å². The smallest absolute Gasteiger partial charge is 0.250 e. The molecule has 2 nitrogen and oxygen atoms in total. The molecule has 0 aromatic carbocycles. The average Bonchev–Trinajstić information content (AvgIpc) is 1.87. The first-order valence-corrected chi connectivity index (χ1v) is 2.82. The van der Waals surface area contributed by atoms with Crippen molar-refractivity contribution < 1.29 is 4.79 Å². The Balaban J connectivity index is 3.73. The van der Waals surface area contributed by atoms with Gasteiger partial charge in [-0.15, -0.1) is 0 Å². The van der Waals surface area contributed by atoms with E-state index in [9.17, 15) is 4.79 Å². The summed E-state index contributed by atoms with van der Waals surface area (Å²) in [6.45, 7) is 9.35. The van der Waals surface area contributed by atoms with Crippen LogP contribution in [0.15, 0.2) is 24.8 Å². The number of hydrogen-bond acceptors (Lipinski definition) is 1. The molecule has 0 saturated heterocycles. The molecule has 0 unspecified atom stereocenters. The second kappa shape index (κ2) is 3.89. The molecular weight excluding hydrogens is 114 g/mol.